The van der Waals surface area contributed by atoms with Crippen molar-refractivity contribution in [3.05, 3.63) is 16.3 Å². The summed E-state index contributed by atoms with van der Waals surface area (Å²) >= 11 is 0. The molecule has 0 atom stereocenters. The highest BCUT2D eigenvalue weighted by molar-refractivity contribution is 5.80. The van der Waals surface area contributed by atoms with Crippen LogP contribution in [0.3, 0.4) is 0 Å². The molecule has 7 heteroatoms. The number of aryl methyl sites for hydroxylation is 2. The number of hydrogen-bond acceptors (Lipinski definition) is 3. The summed E-state index contributed by atoms with van der Waals surface area (Å²) in [5, 5.41) is 11.1. The fourth-order valence-electron chi connectivity index (χ4n) is 2.75. The van der Waals surface area contributed by atoms with E-state index >= 15 is 0 Å². The van der Waals surface area contributed by atoms with E-state index in [2.05, 4.69) is 27.6 Å². The summed E-state index contributed by atoms with van der Waals surface area (Å²) < 4.78 is 3.43. The molecule has 0 saturated heterocycles. The van der Waals surface area contributed by atoms with E-state index in [4.69, 9.17) is 0 Å². The van der Waals surface area contributed by atoms with Crippen molar-refractivity contribution in [2.75, 3.05) is 13.1 Å². The molecule has 2 aliphatic rings. The Morgan fingerprint density at radius 2 is 2.27 bits per heavy atom. The minimum atomic E-state index is 0.0432. The van der Waals surface area contributed by atoms with Crippen molar-refractivity contribution < 1.29 is 0 Å². The van der Waals surface area contributed by atoms with Gasteiger partial charge < -0.3 is 10.6 Å². The molecule has 1 fully saturated rings. The van der Waals surface area contributed by atoms with Crippen molar-refractivity contribution in [1.29, 1.82) is 0 Å². The highest BCUT2D eigenvalue weighted by Gasteiger charge is 2.22. The fourth-order valence-corrected chi connectivity index (χ4v) is 2.75. The van der Waals surface area contributed by atoms with Crippen LogP contribution in [0.5, 0.6) is 0 Å². The van der Waals surface area contributed by atoms with E-state index in [9.17, 15) is 4.79 Å². The second-order valence-electron chi connectivity index (χ2n) is 6.06. The Hall–Kier alpha value is -1.79. The largest absolute Gasteiger partial charge is 0.357 e. The Balaban J connectivity index is 1.51. The molecular formula is C15H26N6O. The highest BCUT2D eigenvalue weighted by Crippen LogP contribution is 2.18. The first-order valence-electron chi connectivity index (χ1n) is 8.49. The lowest BCUT2D eigenvalue weighted by molar-refractivity contribution is 0.509. The average molecular weight is 306 g/mol. The quantitative estimate of drug-likeness (QED) is 0.455. The van der Waals surface area contributed by atoms with Crippen molar-refractivity contribution in [2.45, 2.75) is 64.6 Å². The van der Waals surface area contributed by atoms with Gasteiger partial charge in [-0.3, -0.25) is 9.56 Å². The molecule has 0 amide bonds. The van der Waals surface area contributed by atoms with E-state index in [1.165, 1.54) is 12.8 Å². The highest BCUT2D eigenvalue weighted by atomic mass is 16.2. The van der Waals surface area contributed by atoms with Gasteiger partial charge in [-0.2, -0.15) is 5.10 Å². The fraction of sp³-hybridized carbons (Fsp3) is 0.800. The second-order valence-corrected chi connectivity index (χ2v) is 6.06. The van der Waals surface area contributed by atoms with Crippen LogP contribution in [-0.2, 0) is 19.5 Å². The normalized spacial score (nSPS) is 18.1. The molecular weight excluding hydrogens is 280 g/mol. The Kier molecular flexibility index (Phi) is 4.80. The van der Waals surface area contributed by atoms with Gasteiger partial charge in [0.1, 0.15) is 5.82 Å². The smallest absolute Gasteiger partial charge is 0.345 e. The first kappa shape index (κ1) is 15.1. The first-order chi connectivity index (χ1) is 10.8. The number of aliphatic imine (C=N–C) groups is 1. The Morgan fingerprint density at radius 1 is 1.41 bits per heavy atom. The van der Waals surface area contributed by atoms with Gasteiger partial charge in [0, 0.05) is 38.6 Å². The molecule has 1 aromatic heterocycles. The SMILES string of the molecule is CCNC(=NCCCn1nc2n(c1=O)CCCC2)NC1CC1. The summed E-state index contributed by atoms with van der Waals surface area (Å²) in [4.78, 5) is 16.8. The number of guanidine groups is 1. The van der Waals surface area contributed by atoms with E-state index in [0.717, 1.165) is 50.6 Å². The zero-order valence-electron chi connectivity index (χ0n) is 13.3. The van der Waals surface area contributed by atoms with Gasteiger partial charge in [-0.05, 0) is 39.0 Å². The molecule has 1 aliphatic heterocycles. The van der Waals surface area contributed by atoms with Crippen LogP contribution in [-0.4, -0.2) is 39.4 Å². The third-order valence-electron chi connectivity index (χ3n) is 4.09. The van der Waals surface area contributed by atoms with E-state index in [1.54, 1.807) is 4.68 Å². The maximum atomic E-state index is 12.2. The van der Waals surface area contributed by atoms with Gasteiger partial charge in [-0.25, -0.2) is 9.48 Å². The Bertz CT molecular complexity index is 583. The Labute approximate surface area is 130 Å². The molecule has 1 aromatic rings. The third kappa shape index (κ3) is 3.69. The van der Waals surface area contributed by atoms with Crippen LogP contribution < -0.4 is 16.3 Å². The van der Waals surface area contributed by atoms with E-state index in [-0.39, 0.29) is 5.69 Å². The lowest BCUT2D eigenvalue weighted by atomic mass is 10.2. The zero-order valence-corrected chi connectivity index (χ0v) is 13.3. The zero-order chi connectivity index (χ0) is 15.4. The average Bonchev–Trinajstić information content (AvgIpc) is 3.28. The van der Waals surface area contributed by atoms with Gasteiger partial charge >= 0.3 is 5.69 Å². The molecule has 0 spiro atoms. The summed E-state index contributed by atoms with van der Waals surface area (Å²) in [5.41, 5.74) is 0.0432. The number of hydrogen-bond donors (Lipinski definition) is 2. The topological polar surface area (TPSA) is 76.2 Å². The molecule has 122 valence electrons. The molecule has 0 bridgehead atoms. The number of fused-ring (bicyclic) bond motifs is 1. The minimum absolute atomic E-state index is 0.0432. The molecule has 7 nitrogen and oxygen atoms in total. The Morgan fingerprint density at radius 3 is 3.00 bits per heavy atom. The molecule has 0 radical (unpaired) electrons. The van der Waals surface area contributed by atoms with E-state index in [0.29, 0.717) is 19.1 Å². The van der Waals surface area contributed by atoms with Crippen molar-refractivity contribution in [2.24, 2.45) is 4.99 Å². The van der Waals surface area contributed by atoms with Crippen molar-refractivity contribution in [3.8, 4) is 0 Å². The summed E-state index contributed by atoms with van der Waals surface area (Å²) in [7, 11) is 0. The lowest BCUT2D eigenvalue weighted by Crippen LogP contribution is -2.38. The van der Waals surface area contributed by atoms with Crippen LogP contribution in [0.4, 0.5) is 0 Å². The van der Waals surface area contributed by atoms with Crippen molar-refractivity contribution >= 4 is 5.96 Å². The summed E-state index contributed by atoms with van der Waals surface area (Å²) in [6.45, 7) is 5.11. The predicted octanol–water partition coefficient (Wildman–Crippen LogP) is 0.489. The van der Waals surface area contributed by atoms with Crippen LogP contribution in [0, 0.1) is 0 Å². The van der Waals surface area contributed by atoms with Gasteiger partial charge in [0.2, 0.25) is 0 Å². The van der Waals surface area contributed by atoms with Crippen LogP contribution in [0.15, 0.2) is 9.79 Å². The summed E-state index contributed by atoms with van der Waals surface area (Å²) in [6.07, 6.45) is 6.45. The number of nitrogens with zero attached hydrogens (tertiary/aromatic N) is 4. The van der Waals surface area contributed by atoms with E-state index in [1.807, 2.05) is 4.57 Å². The first-order valence-corrected chi connectivity index (χ1v) is 8.49. The van der Waals surface area contributed by atoms with Gasteiger partial charge in [0.15, 0.2) is 5.96 Å². The van der Waals surface area contributed by atoms with Crippen LogP contribution in [0.25, 0.3) is 0 Å². The summed E-state index contributed by atoms with van der Waals surface area (Å²) in [6, 6.07) is 0.597. The number of nitrogens with one attached hydrogen (secondary N) is 2. The maximum Gasteiger partial charge on any atom is 0.345 e. The molecule has 0 unspecified atom stereocenters. The van der Waals surface area contributed by atoms with Crippen molar-refractivity contribution in [3.63, 3.8) is 0 Å². The lowest BCUT2D eigenvalue weighted by Gasteiger charge is -2.09. The number of rotatable bonds is 6. The van der Waals surface area contributed by atoms with Crippen LogP contribution in [0.1, 0.15) is 44.9 Å². The molecule has 22 heavy (non-hydrogen) atoms. The maximum absolute atomic E-state index is 12.2. The van der Waals surface area contributed by atoms with Gasteiger partial charge in [0.25, 0.3) is 0 Å². The molecule has 1 saturated carbocycles. The van der Waals surface area contributed by atoms with Crippen LogP contribution >= 0.6 is 0 Å². The monoisotopic (exact) mass is 306 g/mol. The third-order valence-corrected chi connectivity index (χ3v) is 4.09. The standard InChI is InChI=1S/C15H26N6O/c1-2-16-14(18-12-7-8-12)17-9-5-11-21-15(22)20-10-4-3-6-13(20)19-21/h12H,2-11H2,1H3,(H2,16,17,18). The molecule has 1 aliphatic carbocycles. The van der Waals surface area contributed by atoms with Crippen LogP contribution in [0.2, 0.25) is 0 Å². The summed E-state index contributed by atoms with van der Waals surface area (Å²) in [5.74, 6) is 1.84. The number of aromatic nitrogens is 3. The predicted molar refractivity (Wildman–Crippen MR) is 86.2 cm³/mol. The van der Waals surface area contributed by atoms with E-state index < -0.39 is 0 Å². The van der Waals surface area contributed by atoms with Gasteiger partial charge in [-0.1, -0.05) is 0 Å². The molecule has 2 heterocycles. The molecule has 2 N–H and O–H groups in total. The molecule has 3 rings (SSSR count). The van der Waals surface area contributed by atoms with Gasteiger partial charge in [0.05, 0.1) is 0 Å². The van der Waals surface area contributed by atoms with Crippen molar-refractivity contribution in [1.82, 2.24) is 25.0 Å². The second kappa shape index (κ2) is 6.98. The molecule has 0 aromatic carbocycles. The minimum Gasteiger partial charge on any atom is -0.357 e. The van der Waals surface area contributed by atoms with Gasteiger partial charge in [-0.15, -0.1) is 0 Å².